The van der Waals surface area contributed by atoms with Crippen molar-refractivity contribution < 1.29 is 9.53 Å². The maximum absolute atomic E-state index is 12.3. The van der Waals surface area contributed by atoms with Crippen LogP contribution in [-0.2, 0) is 6.42 Å². The van der Waals surface area contributed by atoms with Crippen LogP contribution in [0.25, 0.3) is 0 Å². The summed E-state index contributed by atoms with van der Waals surface area (Å²) < 4.78 is 5.28. The number of carbonyl (C=O) groups is 1. The van der Waals surface area contributed by atoms with Gasteiger partial charge in [-0.05, 0) is 24.0 Å². The Morgan fingerprint density at radius 3 is 2.45 bits per heavy atom. The van der Waals surface area contributed by atoms with E-state index in [4.69, 9.17) is 4.74 Å². The molecule has 0 bridgehead atoms. The van der Waals surface area contributed by atoms with Crippen LogP contribution in [0.3, 0.4) is 0 Å². The van der Waals surface area contributed by atoms with E-state index in [1.165, 1.54) is 4.90 Å². The zero-order valence-electron chi connectivity index (χ0n) is 11.8. The fourth-order valence-electron chi connectivity index (χ4n) is 2.03. The number of methoxy groups -OCH3 is 1. The van der Waals surface area contributed by atoms with Gasteiger partial charge in [-0.15, -0.1) is 11.8 Å². The van der Waals surface area contributed by atoms with Crippen LogP contribution in [0.5, 0.6) is 5.75 Å². The Hall–Kier alpha value is -1.74. The number of ketones is 1. The van der Waals surface area contributed by atoms with Crippen LogP contribution in [0, 0.1) is 0 Å². The van der Waals surface area contributed by atoms with E-state index in [9.17, 15) is 4.79 Å². The van der Waals surface area contributed by atoms with Crippen LogP contribution in [-0.4, -0.2) is 18.6 Å². The number of para-hydroxylation sites is 1. The molecule has 20 heavy (non-hydrogen) atoms. The molecule has 2 nitrogen and oxygen atoms in total. The first-order chi connectivity index (χ1) is 9.74. The molecule has 0 aliphatic rings. The Balaban J connectivity index is 2.11. The quantitative estimate of drug-likeness (QED) is 0.587. The van der Waals surface area contributed by atoms with Crippen LogP contribution < -0.4 is 4.74 Å². The maximum atomic E-state index is 12.3. The third-order valence-corrected chi connectivity index (χ3v) is 3.93. The van der Waals surface area contributed by atoms with E-state index in [2.05, 4.69) is 6.92 Å². The molecule has 2 aromatic rings. The number of thioether (sulfide) groups is 1. The second-order valence-electron chi connectivity index (χ2n) is 4.37. The molecule has 0 radical (unpaired) electrons. The highest BCUT2D eigenvalue weighted by molar-refractivity contribution is 7.99. The molecule has 0 aliphatic heterocycles. The minimum Gasteiger partial charge on any atom is -0.496 e. The van der Waals surface area contributed by atoms with Crippen LogP contribution >= 0.6 is 11.8 Å². The summed E-state index contributed by atoms with van der Waals surface area (Å²) in [5.41, 5.74) is 1.67. The molecular weight excluding hydrogens is 268 g/mol. The molecular formula is C17H18O2S. The molecule has 104 valence electrons. The average molecular weight is 286 g/mol. The second-order valence-corrected chi connectivity index (χ2v) is 5.71. The predicted octanol–water partition coefficient (Wildman–Crippen LogP) is 4.23. The highest BCUT2D eigenvalue weighted by atomic mass is 32.2. The fourth-order valence-corrected chi connectivity index (χ4v) is 2.69. The molecule has 0 heterocycles. The van der Waals surface area contributed by atoms with Crippen molar-refractivity contribution in [1.82, 2.24) is 0 Å². The van der Waals surface area contributed by atoms with Crippen molar-refractivity contribution in [2.24, 2.45) is 0 Å². The molecule has 2 rings (SSSR count). The van der Waals surface area contributed by atoms with Gasteiger partial charge in [-0.1, -0.05) is 37.3 Å². The average Bonchev–Trinajstić information content (AvgIpc) is 2.49. The summed E-state index contributed by atoms with van der Waals surface area (Å²) in [5.74, 6) is 1.91. The molecule has 0 saturated heterocycles. The molecule has 0 N–H and O–H groups in total. The molecule has 0 spiro atoms. The molecule has 0 aromatic heterocycles. The second kappa shape index (κ2) is 7.15. The monoisotopic (exact) mass is 286 g/mol. The first kappa shape index (κ1) is 14.7. The van der Waals surface area contributed by atoms with Crippen molar-refractivity contribution in [1.29, 1.82) is 0 Å². The van der Waals surface area contributed by atoms with E-state index in [1.807, 2.05) is 48.5 Å². The lowest BCUT2D eigenvalue weighted by Crippen LogP contribution is -2.04. The number of rotatable bonds is 6. The van der Waals surface area contributed by atoms with E-state index in [1.54, 1.807) is 18.9 Å². The minimum atomic E-state index is 0.113. The van der Waals surface area contributed by atoms with Crippen molar-refractivity contribution in [3.05, 3.63) is 59.7 Å². The van der Waals surface area contributed by atoms with Gasteiger partial charge in [0.15, 0.2) is 5.78 Å². The van der Waals surface area contributed by atoms with E-state index in [-0.39, 0.29) is 5.78 Å². The summed E-state index contributed by atoms with van der Waals surface area (Å²) in [7, 11) is 1.63. The summed E-state index contributed by atoms with van der Waals surface area (Å²) in [6, 6.07) is 15.4. The van der Waals surface area contributed by atoms with E-state index >= 15 is 0 Å². The van der Waals surface area contributed by atoms with Gasteiger partial charge in [0.05, 0.1) is 7.11 Å². The number of ether oxygens (including phenoxy) is 1. The SMILES string of the molecule is CCSc1ccc(C(=O)Cc2ccccc2OC)cc1. The largest absolute Gasteiger partial charge is 0.496 e. The lowest BCUT2D eigenvalue weighted by molar-refractivity contribution is 0.0992. The van der Waals surface area contributed by atoms with Gasteiger partial charge in [0.1, 0.15) is 5.75 Å². The van der Waals surface area contributed by atoms with Crippen molar-refractivity contribution in [2.75, 3.05) is 12.9 Å². The van der Waals surface area contributed by atoms with Gasteiger partial charge in [0.25, 0.3) is 0 Å². The number of hydrogen-bond donors (Lipinski definition) is 0. The van der Waals surface area contributed by atoms with E-state index < -0.39 is 0 Å². The van der Waals surface area contributed by atoms with Crippen molar-refractivity contribution in [3.63, 3.8) is 0 Å². The van der Waals surface area contributed by atoms with Gasteiger partial charge in [0.2, 0.25) is 0 Å². The highest BCUT2D eigenvalue weighted by Gasteiger charge is 2.10. The molecule has 0 atom stereocenters. The third kappa shape index (κ3) is 3.64. The smallest absolute Gasteiger partial charge is 0.167 e. The topological polar surface area (TPSA) is 26.3 Å². The Kier molecular flexibility index (Phi) is 5.24. The molecule has 0 amide bonds. The van der Waals surface area contributed by atoms with Crippen LogP contribution in [0.1, 0.15) is 22.8 Å². The van der Waals surface area contributed by atoms with E-state index in [0.29, 0.717) is 6.42 Å². The standard InChI is InChI=1S/C17H18O2S/c1-3-20-15-10-8-13(9-11-15)16(18)12-14-6-4-5-7-17(14)19-2/h4-11H,3,12H2,1-2H3. The zero-order valence-corrected chi connectivity index (χ0v) is 12.6. The van der Waals surface area contributed by atoms with Gasteiger partial charge in [-0.3, -0.25) is 4.79 Å². The van der Waals surface area contributed by atoms with Gasteiger partial charge in [-0.2, -0.15) is 0 Å². The van der Waals surface area contributed by atoms with Gasteiger partial charge in [-0.25, -0.2) is 0 Å². The Bertz CT molecular complexity index is 576. The normalized spacial score (nSPS) is 10.3. The molecule has 0 aliphatic carbocycles. The van der Waals surface area contributed by atoms with Gasteiger partial charge >= 0.3 is 0 Å². The molecule has 0 unspecified atom stereocenters. The van der Waals surface area contributed by atoms with Crippen LogP contribution in [0.2, 0.25) is 0 Å². The lowest BCUT2D eigenvalue weighted by Gasteiger charge is -2.07. The van der Waals surface area contributed by atoms with Crippen molar-refractivity contribution >= 4 is 17.5 Å². The lowest BCUT2D eigenvalue weighted by atomic mass is 10.0. The van der Waals surface area contributed by atoms with Crippen LogP contribution in [0.4, 0.5) is 0 Å². The highest BCUT2D eigenvalue weighted by Crippen LogP contribution is 2.21. The predicted molar refractivity (Wildman–Crippen MR) is 83.9 cm³/mol. The Labute approximate surface area is 124 Å². The number of carbonyl (C=O) groups excluding carboxylic acids is 1. The number of benzene rings is 2. The number of hydrogen-bond acceptors (Lipinski definition) is 3. The molecule has 2 aromatic carbocycles. The first-order valence-electron chi connectivity index (χ1n) is 6.62. The number of Topliss-reactive ketones (excluding diaryl/α,β-unsaturated/α-hetero) is 1. The summed E-state index contributed by atoms with van der Waals surface area (Å²) >= 11 is 1.77. The van der Waals surface area contributed by atoms with E-state index in [0.717, 1.165) is 22.6 Å². The molecule has 0 saturated carbocycles. The summed E-state index contributed by atoms with van der Waals surface area (Å²) in [5, 5.41) is 0. The third-order valence-electron chi connectivity index (χ3n) is 3.03. The summed E-state index contributed by atoms with van der Waals surface area (Å²) in [6.45, 7) is 2.12. The summed E-state index contributed by atoms with van der Waals surface area (Å²) in [6.07, 6.45) is 0.365. The first-order valence-corrected chi connectivity index (χ1v) is 7.61. The molecule has 0 fully saturated rings. The van der Waals surface area contributed by atoms with Crippen LogP contribution in [0.15, 0.2) is 53.4 Å². The zero-order chi connectivity index (χ0) is 14.4. The van der Waals surface area contributed by atoms with Crippen molar-refractivity contribution in [2.45, 2.75) is 18.2 Å². The molecule has 3 heteroatoms. The minimum absolute atomic E-state index is 0.113. The maximum Gasteiger partial charge on any atom is 0.167 e. The fraction of sp³-hybridized carbons (Fsp3) is 0.235. The van der Waals surface area contributed by atoms with Gasteiger partial charge < -0.3 is 4.74 Å². The van der Waals surface area contributed by atoms with Crippen molar-refractivity contribution in [3.8, 4) is 5.75 Å². The Morgan fingerprint density at radius 1 is 1.10 bits per heavy atom. The summed E-state index contributed by atoms with van der Waals surface area (Å²) in [4.78, 5) is 13.5. The Morgan fingerprint density at radius 2 is 1.80 bits per heavy atom. The van der Waals surface area contributed by atoms with Gasteiger partial charge in [0, 0.05) is 22.4 Å².